The lowest BCUT2D eigenvalue weighted by Crippen LogP contribution is -2.46. The van der Waals surface area contributed by atoms with Crippen molar-refractivity contribution < 1.29 is 9.59 Å². The number of amides is 3. The molecule has 2 rings (SSSR count). The molecule has 0 bridgehead atoms. The summed E-state index contributed by atoms with van der Waals surface area (Å²) < 4.78 is 0. The first-order valence-electron chi connectivity index (χ1n) is 6.91. The number of thiophene rings is 1. The molecule has 0 atom stereocenters. The molecule has 6 heteroatoms. The van der Waals surface area contributed by atoms with Crippen LogP contribution in [0, 0.1) is 0 Å². The summed E-state index contributed by atoms with van der Waals surface area (Å²) in [6.07, 6.45) is 2.27. The van der Waals surface area contributed by atoms with Gasteiger partial charge in [-0.3, -0.25) is 15.0 Å². The minimum Gasteiger partial charge on any atom is -0.336 e. The van der Waals surface area contributed by atoms with Crippen molar-refractivity contribution in [2.75, 3.05) is 6.54 Å². The summed E-state index contributed by atoms with van der Waals surface area (Å²) in [5, 5.41) is 7.06. The van der Waals surface area contributed by atoms with E-state index in [9.17, 15) is 9.59 Å². The average molecular weight is 295 g/mol. The Morgan fingerprint density at radius 2 is 2.20 bits per heavy atom. The number of imide groups is 1. The quantitative estimate of drug-likeness (QED) is 0.843. The molecule has 5 nitrogen and oxygen atoms in total. The number of carbonyl (C=O) groups is 2. The van der Waals surface area contributed by atoms with Crippen LogP contribution in [-0.2, 0) is 11.3 Å². The lowest BCUT2D eigenvalue weighted by Gasteiger charge is -2.20. The smallest absolute Gasteiger partial charge is 0.321 e. The maximum absolute atomic E-state index is 11.9. The zero-order valence-electron chi connectivity index (χ0n) is 11.9. The molecule has 0 saturated heterocycles. The first-order chi connectivity index (χ1) is 9.54. The summed E-state index contributed by atoms with van der Waals surface area (Å²) >= 11 is 1.69. The van der Waals surface area contributed by atoms with Crippen LogP contribution >= 0.6 is 11.3 Å². The number of hydrogen-bond donors (Lipinski definition) is 2. The van der Waals surface area contributed by atoms with E-state index in [1.807, 2.05) is 25.3 Å². The molecule has 0 unspecified atom stereocenters. The van der Waals surface area contributed by atoms with Gasteiger partial charge >= 0.3 is 6.03 Å². The highest BCUT2D eigenvalue weighted by Gasteiger charge is 2.30. The Hall–Kier alpha value is -1.40. The molecule has 1 fully saturated rings. The predicted molar refractivity (Wildman–Crippen MR) is 79.6 cm³/mol. The third kappa shape index (κ3) is 4.94. The fourth-order valence-corrected chi connectivity index (χ4v) is 2.73. The van der Waals surface area contributed by atoms with Crippen molar-refractivity contribution in [3.8, 4) is 0 Å². The highest BCUT2D eigenvalue weighted by atomic mass is 32.1. The van der Waals surface area contributed by atoms with Crippen molar-refractivity contribution in [3.63, 3.8) is 0 Å². The molecule has 110 valence electrons. The highest BCUT2D eigenvalue weighted by molar-refractivity contribution is 7.09. The first-order valence-corrected chi connectivity index (χ1v) is 7.79. The summed E-state index contributed by atoms with van der Waals surface area (Å²) in [6.45, 7) is 4.77. The number of urea groups is 1. The molecule has 0 spiro atoms. The lowest BCUT2D eigenvalue weighted by atomic mass is 10.3. The van der Waals surface area contributed by atoms with Gasteiger partial charge in [0.05, 0.1) is 6.54 Å². The minimum absolute atomic E-state index is 0.0217. The van der Waals surface area contributed by atoms with Gasteiger partial charge in [0.2, 0.25) is 5.91 Å². The Kier molecular flexibility index (Phi) is 5.14. The predicted octanol–water partition coefficient (Wildman–Crippen LogP) is 1.95. The minimum atomic E-state index is -0.420. The summed E-state index contributed by atoms with van der Waals surface area (Å²) in [5.74, 6) is -0.244. The fourth-order valence-electron chi connectivity index (χ4n) is 2.01. The number of hydrogen-bond acceptors (Lipinski definition) is 4. The second kappa shape index (κ2) is 6.85. The fraction of sp³-hybridized carbons (Fsp3) is 0.571. The van der Waals surface area contributed by atoms with E-state index >= 15 is 0 Å². The summed E-state index contributed by atoms with van der Waals surface area (Å²) in [7, 11) is 0. The molecule has 3 amide bonds. The number of nitrogens with one attached hydrogen (secondary N) is 2. The maximum atomic E-state index is 11.9. The summed E-state index contributed by atoms with van der Waals surface area (Å²) in [6, 6.07) is 4.17. The van der Waals surface area contributed by atoms with Gasteiger partial charge in [-0.25, -0.2) is 4.79 Å². The second-order valence-electron chi connectivity index (χ2n) is 5.39. The van der Waals surface area contributed by atoms with E-state index in [0.29, 0.717) is 6.04 Å². The van der Waals surface area contributed by atoms with Gasteiger partial charge in [-0.05, 0) is 38.1 Å². The van der Waals surface area contributed by atoms with Crippen LogP contribution in [0.25, 0.3) is 0 Å². The summed E-state index contributed by atoms with van der Waals surface area (Å²) in [4.78, 5) is 26.8. The van der Waals surface area contributed by atoms with E-state index < -0.39 is 6.03 Å². The zero-order valence-corrected chi connectivity index (χ0v) is 12.7. The monoisotopic (exact) mass is 295 g/mol. The van der Waals surface area contributed by atoms with E-state index in [2.05, 4.69) is 21.6 Å². The van der Waals surface area contributed by atoms with E-state index in [-0.39, 0.29) is 18.5 Å². The van der Waals surface area contributed by atoms with E-state index in [1.165, 1.54) is 4.88 Å². The largest absolute Gasteiger partial charge is 0.336 e. The van der Waals surface area contributed by atoms with Gasteiger partial charge in [0.1, 0.15) is 0 Å². The Morgan fingerprint density at radius 3 is 2.75 bits per heavy atom. The molecular weight excluding hydrogens is 274 g/mol. The summed E-state index contributed by atoms with van der Waals surface area (Å²) in [5.41, 5.74) is 0. The number of nitrogens with zero attached hydrogens (tertiary/aromatic N) is 1. The molecule has 0 aromatic carbocycles. The molecule has 1 aromatic heterocycles. The van der Waals surface area contributed by atoms with Gasteiger partial charge in [-0.1, -0.05) is 6.07 Å². The Labute approximate surface area is 123 Å². The Bertz CT molecular complexity index is 455. The van der Waals surface area contributed by atoms with Gasteiger partial charge in [0.15, 0.2) is 0 Å². The van der Waals surface area contributed by atoms with Crippen molar-refractivity contribution >= 4 is 23.3 Å². The molecule has 2 N–H and O–H groups in total. The third-order valence-corrected chi connectivity index (χ3v) is 3.88. The van der Waals surface area contributed by atoms with Gasteiger partial charge in [-0.2, -0.15) is 0 Å². The van der Waals surface area contributed by atoms with Crippen molar-refractivity contribution in [3.05, 3.63) is 22.4 Å². The van der Waals surface area contributed by atoms with Crippen LogP contribution in [0.15, 0.2) is 17.5 Å². The molecule has 1 aliphatic carbocycles. The molecule has 1 heterocycles. The number of carbonyl (C=O) groups excluding carboxylic acids is 2. The van der Waals surface area contributed by atoms with Crippen LogP contribution < -0.4 is 10.6 Å². The molecule has 0 aliphatic heterocycles. The van der Waals surface area contributed by atoms with E-state index in [1.54, 1.807) is 11.3 Å². The normalized spacial score (nSPS) is 14.6. The van der Waals surface area contributed by atoms with Crippen molar-refractivity contribution in [1.29, 1.82) is 0 Å². The van der Waals surface area contributed by atoms with Crippen molar-refractivity contribution in [2.24, 2.45) is 0 Å². The van der Waals surface area contributed by atoms with Crippen LogP contribution in [0.4, 0.5) is 4.79 Å². The molecule has 0 radical (unpaired) electrons. The Morgan fingerprint density at radius 1 is 1.45 bits per heavy atom. The second-order valence-corrected chi connectivity index (χ2v) is 6.42. The average Bonchev–Trinajstić information content (AvgIpc) is 3.06. The van der Waals surface area contributed by atoms with E-state index in [0.717, 1.165) is 19.4 Å². The standard InChI is InChI=1S/C14H21N3O2S/c1-10(2)15-14(19)16-13(18)9-17(11-5-6-11)8-12-4-3-7-20-12/h3-4,7,10-11H,5-6,8-9H2,1-2H3,(H2,15,16,18,19). The Balaban J connectivity index is 1.82. The molecule has 1 saturated carbocycles. The van der Waals surface area contributed by atoms with Gasteiger partial charge in [0.25, 0.3) is 0 Å². The topological polar surface area (TPSA) is 61.4 Å². The molecule has 1 aliphatic rings. The van der Waals surface area contributed by atoms with Gasteiger partial charge < -0.3 is 5.32 Å². The van der Waals surface area contributed by atoms with Crippen molar-refractivity contribution in [1.82, 2.24) is 15.5 Å². The van der Waals surface area contributed by atoms with Crippen molar-refractivity contribution in [2.45, 2.75) is 45.3 Å². The van der Waals surface area contributed by atoms with Crippen LogP contribution in [-0.4, -0.2) is 35.5 Å². The lowest BCUT2D eigenvalue weighted by molar-refractivity contribution is -0.121. The molecule has 1 aromatic rings. The van der Waals surface area contributed by atoms with Crippen LogP contribution in [0.2, 0.25) is 0 Å². The first kappa shape index (κ1) is 15.0. The molecular formula is C14H21N3O2S. The van der Waals surface area contributed by atoms with Crippen LogP contribution in [0.3, 0.4) is 0 Å². The van der Waals surface area contributed by atoms with E-state index in [4.69, 9.17) is 0 Å². The van der Waals surface area contributed by atoms with Crippen LogP contribution in [0.5, 0.6) is 0 Å². The SMILES string of the molecule is CC(C)NC(=O)NC(=O)CN(Cc1cccs1)C1CC1. The molecule has 20 heavy (non-hydrogen) atoms. The van der Waals surface area contributed by atoms with Gasteiger partial charge in [-0.15, -0.1) is 11.3 Å². The number of rotatable bonds is 6. The van der Waals surface area contributed by atoms with Gasteiger partial charge in [0, 0.05) is 23.5 Å². The zero-order chi connectivity index (χ0) is 14.5. The third-order valence-electron chi connectivity index (χ3n) is 3.02. The highest BCUT2D eigenvalue weighted by Crippen LogP contribution is 2.28. The van der Waals surface area contributed by atoms with Crippen LogP contribution in [0.1, 0.15) is 31.6 Å². The maximum Gasteiger partial charge on any atom is 0.321 e.